The molecule has 0 amide bonds. The van der Waals surface area contributed by atoms with Crippen LogP contribution in [-0.4, -0.2) is 51.3 Å². The Kier molecular flexibility index (Phi) is 4.51. The molecule has 0 bridgehead atoms. The van der Waals surface area contributed by atoms with E-state index in [0.29, 0.717) is 19.0 Å². The molecule has 1 fully saturated rings. The molecule has 0 aromatic rings. The normalized spacial score (nSPS) is 29.3. The molecule has 15 heavy (non-hydrogen) atoms. The van der Waals surface area contributed by atoms with Crippen molar-refractivity contribution in [2.75, 3.05) is 32.6 Å². The molecule has 1 heterocycles. The summed E-state index contributed by atoms with van der Waals surface area (Å²) in [5.74, 6) is 0.384. The molecule has 6 heteroatoms. The zero-order valence-corrected chi connectivity index (χ0v) is 10.2. The number of ether oxygens (including phenoxy) is 1. The number of sulfonamides is 1. The monoisotopic (exact) mass is 236 g/mol. The highest BCUT2D eigenvalue weighted by Gasteiger charge is 2.30. The van der Waals surface area contributed by atoms with Gasteiger partial charge in [-0.25, -0.2) is 12.7 Å². The van der Waals surface area contributed by atoms with Gasteiger partial charge in [-0.15, -0.1) is 0 Å². The molecule has 0 radical (unpaired) electrons. The third kappa shape index (κ3) is 3.71. The molecule has 0 saturated carbocycles. The Hall–Kier alpha value is -0.170. The third-order valence-electron chi connectivity index (χ3n) is 2.60. The van der Waals surface area contributed by atoms with Crippen molar-refractivity contribution in [3.8, 4) is 0 Å². The van der Waals surface area contributed by atoms with Crippen molar-refractivity contribution >= 4 is 10.0 Å². The summed E-state index contributed by atoms with van der Waals surface area (Å²) in [6.45, 7) is 3.29. The summed E-state index contributed by atoms with van der Waals surface area (Å²) in [6.07, 6.45) is 0.899. The number of piperidine rings is 1. The second-order valence-electron chi connectivity index (χ2n) is 4.23. The second-order valence-corrected chi connectivity index (χ2v) is 6.32. The first-order chi connectivity index (χ1) is 6.95. The van der Waals surface area contributed by atoms with Gasteiger partial charge in [-0.2, -0.15) is 0 Å². The molecule has 5 nitrogen and oxygen atoms in total. The first-order valence-corrected chi connectivity index (χ1v) is 6.79. The fraction of sp³-hybridized carbons (Fsp3) is 1.00. The fourth-order valence-corrected chi connectivity index (χ4v) is 3.43. The van der Waals surface area contributed by atoms with Crippen LogP contribution >= 0.6 is 0 Å². The molecule has 1 rings (SSSR count). The SMILES string of the molecule is COCCS(=O)(=O)N1CC(C)CC(N)C1. The van der Waals surface area contributed by atoms with Crippen LogP contribution in [0.25, 0.3) is 0 Å². The molecular weight excluding hydrogens is 216 g/mol. The van der Waals surface area contributed by atoms with Gasteiger partial charge in [0.15, 0.2) is 0 Å². The second kappa shape index (κ2) is 5.25. The van der Waals surface area contributed by atoms with E-state index >= 15 is 0 Å². The highest BCUT2D eigenvalue weighted by atomic mass is 32.2. The molecule has 2 atom stereocenters. The van der Waals surface area contributed by atoms with Gasteiger partial charge in [-0.3, -0.25) is 0 Å². The molecule has 90 valence electrons. The molecule has 2 N–H and O–H groups in total. The number of hydrogen-bond acceptors (Lipinski definition) is 4. The van der Waals surface area contributed by atoms with Gasteiger partial charge in [0.2, 0.25) is 10.0 Å². The zero-order chi connectivity index (χ0) is 11.5. The van der Waals surface area contributed by atoms with Crippen molar-refractivity contribution < 1.29 is 13.2 Å². The Bertz CT molecular complexity index is 282. The first-order valence-electron chi connectivity index (χ1n) is 5.18. The maximum Gasteiger partial charge on any atom is 0.216 e. The number of methoxy groups -OCH3 is 1. The summed E-state index contributed by atoms with van der Waals surface area (Å²) in [7, 11) is -1.68. The van der Waals surface area contributed by atoms with Crippen molar-refractivity contribution in [3.63, 3.8) is 0 Å². The molecule has 0 aromatic carbocycles. The van der Waals surface area contributed by atoms with E-state index < -0.39 is 10.0 Å². The van der Waals surface area contributed by atoms with Crippen LogP contribution in [-0.2, 0) is 14.8 Å². The van der Waals surface area contributed by atoms with E-state index in [0.717, 1.165) is 6.42 Å². The fourth-order valence-electron chi connectivity index (χ4n) is 1.89. The van der Waals surface area contributed by atoms with Crippen LogP contribution in [0.2, 0.25) is 0 Å². The standard InChI is InChI=1S/C9H20N2O3S/c1-8-5-9(10)7-11(6-8)15(12,13)4-3-14-2/h8-9H,3-7,10H2,1-2H3. The molecule has 2 unspecified atom stereocenters. The van der Waals surface area contributed by atoms with Gasteiger partial charge in [-0.1, -0.05) is 6.92 Å². The number of nitrogens with two attached hydrogens (primary N) is 1. The summed E-state index contributed by atoms with van der Waals surface area (Å²) >= 11 is 0. The predicted octanol–water partition coefficient (Wildman–Crippen LogP) is -0.368. The van der Waals surface area contributed by atoms with Crippen molar-refractivity contribution in [3.05, 3.63) is 0 Å². The van der Waals surface area contributed by atoms with Gasteiger partial charge >= 0.3 is 0 Å². The molecule has 1 aliphatic heterocycles. The highest BCUT2D eigenvalue weighted by Crippen LogP contribution is 2.18. The average molecular weight is 236 g/mol. The number of nitrogens with zero attached hydrogens (tertiary/aromatic N) is 1. The van der Waals surface area contributed by atoms with Gasteiger partial charge in [0.1, 0.15) is 0 Å². The van der Waals surface area contributed by atoms with Gasteiger partial charge in [0, 0.05) is 26.2 Å². The Morgan fingerprint density at radius 3 is 2.67 bits per heavy atom. The molecule has 0 spiro atoms. The zero-order valence-electron chi connectivity index (χ0n) is 9.35. The summed E-state index contributed by atoms with van der Waals surface area (Å²) in [5.41, 5.74) is 5.80. The van der Waals surface area contributed by atoms with Crippen LogP contribution in [0.3, 0.4) is 0 Å². The van der Waals surface area contributed by atoms with Crippen molar-refractivity contribution in [1.82, 2.24) is 4.31 Å². The van der Waals surface area contributed by atoms with Crippen molar-refractivity contribution in [2.24, 2.45) is 11.7 Å². The lowest BCUT2D eigenvalue weighted by molar-refractivity contribution is 0.211. The lowest BCUT2D eigenvalue weighted by Gasteiger charge is -2.33. The van der Waals surface area contributed by atoms with Crippen LogP contribution in [0, 0.1) is 5.92 Å². The lowest BCUT2D eigenvalue weighted by atomic mass is 9.99. The summed E-state index contributed by atoms with van der Waals surface area (Å²) in [6, 6.07) is -0.0360. The van der Waals surface area contributed by atoms with Gasteiger partial charge in [0.05, 0.1) is 12.4 Å². The van der Waals surface area contributed by atoms with E-state index in [-0.39, 0.29) is 18.4 Å². The van der Waals surface area contributed by atoms with E-state index in [2.05, 4.69) is 0 Å². The Morgan fingerprint density at radius 1 is 1.47 bits per heavy atom. The van der Waals surface area contributed by atoms with Crippen LogP contribution in [0.15, 0.2) is 0 Å². The van der Waals surface area contributed by atoms with Crippen LogP contribution < -0.4 is 5.73 Å². The first kappa shape index (κ1) is 12.9. The topological polar surface area (TPSA) is 72.6 Å². The molecular formula is C9H20N2O3S. The van der Waals surface area contributed by atoms with Crippen LogP contribution in [0.5, 0.6) is 0 Å². The molecule has 1 aliphatic rings. The molecule has 0 aliphatic carbocycles. The van der Waals surface area contributed by atoms with E-state index in [1.807, 2.05) is 6.92 Å². The lowest BCUT2D eigenvalue weighted by Crippen LogP contribution is -2.49. The number of hydrogen-bond donors (Lipinski definition) is 1. The Balaban J connectivity index is 2.61. The molecule has 1 saturated heterocycles. The summed E-state index contributed by atoms with van der Waals surface area (Å²) < 4.78 is 29.9. The third-order valence-corrected chi connectivity index (χ3v) is 4.36. The van der Waals surface area contributed by atoms with E-state index in [4.69, 9.17) is 10.5 Å². The Labute approximate surface area is 91.6 Å². The van der Waals surface area contributed by atoms with Gasteiger partial charge < -0.3 is 10.5 Å². The van der Waals surface area contributed by atoms with Gasteiger partial charge in [-0.05, 0) is 12.3 Å². The van der Waals surface area contributed by atoms with Crippen LogP contribution in [0.1, 0.15) is 13.3 Å². The smallest absolute Gasteiger partial charge is 0.216 e. The predicted molar refractivity (Wildman–Crippen MR) is 59.0 cm³/mol. The highest BCUT2D eigenvalue weighted by molar-refractivity contribution is 7.89. The minimum atomic E-state index is -3.18. The minimum Gasteiger partial charge on any atom is -0.384 e. The van der Waals surface area contributed by atoms with Crippen molar-refractivity contribution in [2.45, 2.75) is 19.4 Å². The maximum absolute atomic E-state index is 11.8. The Morgan fingerprint density at radius 2 is 2.13 bits per heavy atom. The van der Waals surface area contributed by atoms with E-state index in [9.17, 15) is 8.42 Å². The largest absolute Gasteiger partial charge is 0.384 e. The van der Waals surface area contributed by atoms with Gasteiger partial charge in [0.25, 0.3) is 0 Å². The maximum atomic E-state index is 11.8. The van der Waals surface area contributed by atoms with E-state index in [1.165, 1.54) is 11.4 Å². The summed E-state index contributed by atoms with van der Waals surface area (Å²) in [5, 5.41) is 0. The average Bonchev–Trinajstić information content (AvgIpc) is 2.13. The van der Waals surface area contributed by atoms with Crippen LogP contribution in [0.4, 0.5) is 0 Å². The number of rotatable bonds is 4. The van der Waals surface area contributed by atoms with Crippen molar-refractivity contribution in [1.29, 1.82) is 0 Å². The minimum absolute atomic E-state index is 0.0360. The molecule has 0 aromatic heterocycles. The quantitative estimate of drug-likeness (QED) is 0.723. The van der Waals surface area contributed by atoms with E-state index in [1.54, 1.807) is 0 Å². The summed E-state index contributed by atoms with van der Waals surface area (Å²) in [4.78, 5) is 0.